The molecule has 0 saturated heterocycles. The Labute approximate surface area is 174 Å². The first-order chi connectivity index (χ1) is 14.3. The summed E-state index contributed by atoms with van der Waals surface area (Å²) in [6.45, 7) is 11.8. The van der Waals surface area contributed by atoms with Crippen LogP contribution in [0.15, 0.2) is 18.2 Å². The van der Waals surface area contributed by atoms with Crippen molar-refractivity contribution in [3.8, 4) is 17.8 Å². The quantitative estimate of drug-likeness (QED) is 0.347. The van der Waals surface area contributed by atoms with E-state index in [1.54, 1.807) is 0 Å². The second-order valence-electron chi connectivity index (χ2n) is 7.58. The Morgan fingerprint density at radius 3 is 2.47 bits per heavy atom. The van der Waals surface area contributed by atoms with E-state index in [1.807, 2.05) is 30.4 Å². The minimum atomic E-state index is -1.47. The topological polar surface area (TPSA) is 33.7 Å². The fraction of sp³-hybridized carbons (Fsp3) is 0.391. The third-order valence-electron chi connectivity index (χ3n) is 5.22. The Balaban J connectivity index is 1.99. The van der Waals surface area contributed by atoms with Crippen LogP contribution in [0.25, 0.3) is 21.7 Å². The van der Waals surface area contributed by atoms with Gasteiger partial charge in [-0.1, -0.05) is 11.3 Å². The van der Waals surface area contributed by atoms with Crippen molar-refractivity contribution in [1.29, 1.82) is 0 Å². The van der Waals surface area contributed by atoms with Crippen LogP contribution in [-0.2, 0) is 0 Å². The van der Waals surface area contributed by atoms with E-state index in [0.717, 1.165) is 43.0 Å². The first-order valence-electron chi connectivity index (χ1n) is 10.1. The van der Waals surface area contributed by atoms with Crippen LogP contribution in [0.5, 0.6) is 0 Å². The molecule has 1 aromatic carbocycles. The summed E-state index contributed by atoms with van der Waals surface area (Å²) in [6.07, 6.45) is 3.88. The van der Waals surface area contributed by atoms with Gasteiger partial charge in [-0.15, -0.1) is 0 Å². The Morgan fingerprint density at radius 1 is 1.00 bits per heavy atom. The van der Waals surface area contributed by atoms with Gasteiger partial charge in [0.05, 0.1) is 0 Å². The lowest BCUT2D eigenvalue weighted by atomic mass is 10.0. The normalized spacial score (nSPS) is 11.1. The number of nitrogens with one attached hydrogen (secondary N) is 1. The molecule has 0 aliphatic carbocycles. The molecule has 0 bridgehead atoms. The van der Waals surface area contributed by atoms with Gasteiger partial charge in [-0.3, -0.25) is 4.40 Å². The van der Waals surface area contributed by atoms with Gasteiger partial charge >= 0.3 is 0 Å². The Morgan fingerprint density at radius 2 is 1.73 bits per heavy atom. The molecule has 3 rings (SSSR count). The van der Waals surface area contributed by atoms with E-state index < -0.39 is 17.5 Å². The lowest BCUT2D eigenvalue weighted by molar-refractivity contribution is 0.444. The summed E-state index contributed by atoms with van der Waals surface area (Å²) in [5.74, 6) is -3.24. The van der Waals surface area contributed by atoms with E-state index in [2.05, 4.69) is 15.1 Å². The van der Waals surface area contributed by atoms with E-state index in [0.29, 0.717) is 30.2 Å². The monoisotopic (exact) mass is 415 g/mol. The number of anilines is 1. The van der Waals surface area contributed by atoms with Crippen LogP contribution in [0.1, 0.15) is 42.5 Å². The van der Waals surface area contributed by atoms with Crippen molar-refractivity contribution in [2.45, 2.75) is 46.5 Å². The molecule has 0 aliphatic rings. The third-order valence-corrected chi connectivity index (χ3v) is 5.22. The molecule has 30 heavy (non-hydrogen) atoms. The Kier molecular flexibility index (Phi) is 6.66. The smallest absolute Gasteiger partial charge is 0.263 e. The number of pyridine rings is 1. The second kappa shape index (κ2) is 9.21. The van der Waals surface area contributed by atoms with Gasteiger partial charge in [0.2, 0.25) is 0 Å². The molecule has 0 radical (unpaired) electrons. The number of unbranched alkanes of at least 4 members (excludes halogenated alkanes) is 3. The van der Waals surface area contributed by atoms with E-state index in [-0.39, 0.29) is 11.1 Å². The van der Waals surface area contributed by atoms with Crippen molar-refractivity contribution >= 4 is 11.5 Å². The highest BCUT2D eigenvalue weighted by atomic mass is 19.2. The number of fused-ring (bicyclic) bond motifs is 1. The predicted octanol–water partition coefficient (Wildman–Crippen LogP) is 6.28. The van der Waals surface area contributed by atoms with E-state index in [4.69, 9.17) is 6.57 Å². The molecule has 4 nitrogen and oxygen atoms in total. The highest BCUT2D eigenvalue weighted by Gasteiger charge is 2.22. The van der Waals surface area contributed by atoms with Crippen LogP contribution in [0.4, 0.5) is 19.0 Å². The predicted molar refractivity (Wildman–Crippen MR) is 115 cm³/mol. The second-order valence-corrected chi connectivity index (χ2v) is 7.58. The number of halogens is 3. The van der Waals surface area contributed by atoms with Crippen LogP contribution in [0.2, 0.25) is 0 Å². The van der Waals surface area contributed by atoms with Crippen molar-refractivity contribution in [3.05, 3.63) is 57.3 Å². The van der Waals surface area contributed by atoms with Crippen LogP contribution in [-0.4, -0.2) is 22.5 Å². The van der Waals surface area contributed by atoms with Crippen molar-refractivity contribution < 1.29 is 13.2 Å². The summed E-state index contributed by atoms with van der Waals surface area (Å²) >= 11 is 0. The summed E-state index contributed by atoms with van der Waals surface area (Å²) in [7, 11) is 0. The van der Waals surface area contributed by atoms with Gasteiger partial charge in [-0.05, 0) is 62.9 Å². The third kappa shape index (κ3) is 4.28. The van der Waals surface area contributed by atoms with Gasteiger partial charge in [0.15, 0.2) is 17.5 Å². The number of hydrogen-bond acceptors (Lipinski definition) is 2. The Bertz CT molecular complexity index is 1110. The van der Waals surface area contributed by atoms with E-state index in [9.17, 15) is 13.2 Å². The molecule has 2 heterocycles. The van der Waals surface area contributed by atoms with Crippen molar-refractivity contribution in [2.24, 2.45) is 0 Å². The fourth-order valence-corrected chi connectivity index (χ4v) is 3.70. The summed E-state index contributed by atoms with van der Waals surface area (Å²) in [4.78, 5) is 8.24. The molecule has 2 aromatic heterocycles. The van der Waals surface area contributed by atoms with Gasteiger partial charge < -0.3 is 5.32 Å². The zero-order valence-electron chi connectivity index (χ0n) is 17.5. The molecule has 1 N–H and O–H groups in total. The highest BCUT2D eigenvalue weighted by molar-refractivity contribution is 5.79. The number of hydrogen-bond donors (Lipinski definition) is 1. The number of aromatic nitrogens is 2. The number of benzene rings is 1. The van der Waals surface area contributed by atoms with E-state index >= 15 is 0 Å². The average molecular weight is 415 g/mol. The fourth-order valence-electron chi connectivity index (χ4n) is 3.70. The standard InChI is InChI=1S/C23H26F3N4/c1-14-11-15(2)30-19(12-14)29-22(17-13-18(24)21(26)20(25)16(17)3)23(30)28-10-8-6-5-7-9-27-4/h4,11-13,28H,5-10H2,1-3H3/q+1. The summed E-state index contributed by atoms with van der Waals surface area (Å²) in [5, 5.41) is 3.38. The van der Waals surface area contributed by atoms with Crippen LogP contribution < -0.4 is 5.32 Å². The zero-order chi connectivity index (χ0) is 21.8. The number of rotatable bonds is 8. The van der Waals surface area contributed by atoms with Crippen molar-refractivity contribution in [3.63, 3.8) is 0 Å². The number of imidazole rings is 1. The molecule has 0 spiro atoms. The summed E-state index contributed by atoms with van der Waals surface area (Å²) < 4.78 is 43.8. The maximum absolute atomic E-state index is 14.2. The molecule has 0 atom stereocenters. The van der Waals surface area contributed by atoms with Crippen LogP contribution >= 0.6 is 0 Å². The van der Waals surface area contributed by atoms with Gasteiger partial charge in [-0.25, -0.2) is 18.2 Å². The summed E-state index contributed by atoms with van der Waals surface area (Å²) in [6, 6.07) is 4.93. The molecule has 0 aliphatic heterocycles. The molecular formula is C23H26F3N4+. The minimum absolute atomic E-state index is 0.0280. The lowest BCUT2D eigenvalue weighted by Gasteiger charge is -2.13. The molecule has 3 aromatic rings. The average Bonchev–Trinajstić information content (AvgIpc) is 3.06. The molecule has 0 amide bonds. The molecule has 0 fully saturated rings. The minimum Gasteiger partial charge on any atom is -0.369 e. The summed E-state index contributed by atoms with van der Waals surface area (Å²) in [5.41, 5.74) is 3.30. The lowest BCUT2D eigenvalue weighted by Crippen LogP contribution is -2.07. The van der Waals surface area contributed by atoms with Gasteiger partial charge in [0.25, 0.3) is 13.1 Å². The van der Waals surface area contributed by atoms with Crippen LogP contribution in [0, 0.1) is 44.8 Å². The first-order valence-corrected chi connectivity index (χ1v) is 10.1. The van der Waals surface area contributed by atoms with Gasteiger partial charge in [0.1, 0.15) is 17.2 Å². The first kappa shape index (κ1) is 21.7. The zero-order valence-corrected chi connectivity index (χ0v) is 17.5. The molecule has 158 valence electrons. The number of aryl methyl sites for hydroxylation is 2. The van der Waals surface area contributed by atoms with Gasteiger partial charge in [0, 0.05) is 24.2 Å². The SMILES string of the molecule is C#[N+]CCCCCCNc1c(-c2cc(F)c(F)c(F)c2C)nc2cc(C)cc(C)n12. The maximum Gasteiger partial charge on any atom is 0.263 e. The van der Waals surface area contributed by atoms with Gasteiger partial charge in [-0.2, -0.15) is 0 Å². The highest BCUT2D eigenvalue weighted by Crippen LogP contribution is 2.34. The van der Waals surface area contributed by atoms with E-state index in [1.165, 1.54) is 6.92 Å². The van der Waals surface area contributed by atoms with Crippen LogP contribution in [0.3, 0.4) is 0 Å². The number of nitrogens with zero attached hydrogens (tertiary/aromatic N) is 3. The molecule has 0 unspecified atom stereocenters. The molecule has 7 heteroatoms. The largest absolute Gasteiger partial charge is 0.369 e. The molecular weight excluding hydrogens is 389 g/mol. The van der Waals surface area contributed by atoms with Crippen molar-refractivity contribution in [1.82, 2.24) is 9.38 Å². The Hall–Kier alpha value is -3.01. The maximum atomic E-state index is 14.2. The van der Waals surface area contributed by atoms with Crippen molar-refractivity contribution in [2.75, 3.05) is 18.4 Å². The molecule has 0 saturated carbocycles.